The van der Waals surface area contributed by atoms with E-state index in [0.29, 0.717) is 37.7 Å². The van der Waals surface area contributed by atoms with Crippen LogP contribution >= 0.6 is 0 Å². The minimum atomic E-state index is -0.297. The van der Waals surface area contributed by atoms with Crippen LogP contribution in [0.15, 0.2) is 48.8 Å². The average molecular weight is 326 g/mol. The van der Waals surface area contributed by atoms with E-state index in [9.17, 15) is 9.59 Å². The molecule has 7 nitrogen and oxygen atoms in total. The van der Waals surface area contributed by atoms with Gasteiger partial charge in [0.05, 0.1) is 18.6 Å². The number of aromatic nitrogens is 2. The van der Waals surface area contributed by atoms with Crippen LogP contribution in [0.25, 0.3) is 0 Å². The van der Waals surface area contributed by atoms with Crippen molar-refractivity contribution in [1.29, 1.82) is 0 Å². The number of hydrogen-bond acceptors (Lipinski definition) is 5. The molecule has 1 aliphatic heterocycles. The molecule has 124 valence electrons. The molecule has 0 aromatic carbocycles. The van der Waals surface area contributed by atoms with Gasteiger partial charge in [0.2, 0.25) is 0 Å². The SMILES string of the molecule is O=C(NCC1(CNC(=O)c2ccccn2)COC1)c1ccccn1. The second-order valence-electron chi connectivity index (χ2n) is 5.79. The van der Waals surface area contributed by atoms with Crippen molar-refractivity contribution in [3.05, 3.63) is 60.2 Å². The lowest BCUT2D eigenvalue weighted by molar-refractivity contribution is -0.106. The van der Waals surface area contributed by atoms with E-state index in [2.05, 4.69) is 20.6 Å². The molecule has 24 heavy (non-hydrogen) atoms. The molecule has 0 aliphatic carbocycles. The van der Waals surface area contributed by atoms with E-state index >= 15 is 0 Å². The normalized spacial score (nSPS) is 15.2. The lowest BCUT2D eigenvalue weighted by atomic mass is 9.85. The topological polar surface area (TPSA) is 93.2 Å². The van der Waals surface area contributed by atoms with E-state index in [1.54, 1.807) is 48.8 Å². The third kappa shape index (κ3) is 3.75. The number of carbonyl (C=O) groups excluding carboxylic acids is 2. The van der Waals surface area contributed by atoms with Crippen LogP contribution in [-0.4, -0.2) is 48.1 Å². The zero-order valence-electron chi connectivity index (χ0n) is 13.1. The van der Waals surface area contributed by atoms with Gasteiger partial charge in [0.1, 0.15) is 11.4 Å². The summed E-state index contributed by atoms with van der Waals surface area (Å²) in [6, 6.07) is 10.3. The Morgan fingerprint density at radius 3 is 1.75 bits per heavy atom. The fourth-order valence-electron chi connectivity index (χ4n) is 2.37. The van der Waals surface area contributed by atoms with E-state index in [0.717, 1.165) is 0 Å². The van der Waals surface area contributed by atoms with Crippen LogP contribution in [0.5, 0.6) is 0 Å². The monoisotopic (exact) mass is 326 g/mol. The maximum absolute atomic E-state index is 12.1. The third-order valence-corrected chi connectivity index (χ3v) is 3.86. The summed E-state index contributed by atoms with van der Waals surface area (Å²) >= 11 is 0. The molecule has 2 aromatic heterocycles. The van der Waals surface area contributed by atoms with Gasteiger partial charge in [-0.15, -0.1) is 0 Å². The van der Waals surface area contributed by atoms with Gasteiger partial charge < -0.3 is 15.4 Å². The number of amides is 2. The summed E-state index contributed by atoms with van der Waals surface area (Å²) in [6.07, 6.45) is 3.15. The summed E-state index contributed by atoms with van der Waals surface area (Å²) in [5.74, 6) is -0.476. The smallest absolute Gasteiger partial charge is 0.269 e. The van der Waals surface area contributed by atoms with Crippen molar-refractivity contribution in [2.45, 2.75) is 0 Å². The Labute approximate surface area is 139 Å². The lowest BCUT2D eigenvalue weighted by Gasteiger charge is -2.41. The molecule has 0 spiro atoms. The van der Waals surface area contributed by atoms with Crippen LogP contribution in [-0.2, 0) is 4.74 Å². The maximum Gasteiger partial charge on any atom is 0.269 e. The van der Waals surface area contributed by atoms with E-state index < -0.39 is 0 Å². The highest BCUT2D eigenvalue weighted by atomic mass is 16.5. The van der Waals surface area contributed by atoms with Crippen LogP contribution in [0.3, 0.4) is 0 Å². The summed E-state index contributed by atoms with van der Waals surface area (Å²) < 4.78 is 5.28. The van der Waals surface area contributed by atoms with Crippen LogP contribution in [0.2, 0.25) is 0 Å². The van der Waals surface area contributed by atoms with Crippen molar-refractivity contribution in [2.75, 3.05) is 26.3 Å². The van der Waals surface area contributed by atoms with E-state index in [1.807, 2.05) is 0 Å². The first-order chi connectivity index (χ1) is 11.7. The van der Waals surface area contributed by atoms with Gasteiger partial charge in [0.25, 0.3) is 11.8 Å². The average Bonchev–Trinajstić information content (AvgIpc) is 2.61. The molecule has 2 N–H and O–H groups in total. The second-order valence-corrected chi connectivity index (χ2v) is 5.79. The Balaban J connectivity index is 1.53. The number of carbonyl (C=O) groups is 2. The predicted octanol–water partition coefficient (Wildman–Crippen LogP) is 0.653. The van der Waals surface area contributed by atoms with Gasteiger partial charge in [-0.2, -0.15) is 0 Å². The highest BCUT2D eigenvalue weighted by molar-refractivity contribution is 5.92. The summed E-state index contributed by atoms with van der Waals surface area (Å²) in [4.78, 5) is 32.2. The van der Waals surface area contributed by atoms with Gasteiger partial charge in [-0.1, -0.05) is 12.1 Å². The molecule has 0 bridgehead atoms. The lowest BCUT2D eigenvalue weighted by Crippen LogP contribution is -2.56. The molecule has 1 saturated heterocycles. The molecule has 2 aromatic rings. The minimum absolute atomic E-state index is 0.238. The molecule has 0 atom stereocenters. The highest BCUT2D eigenvalue weighted by Gasteiger charge is 2.39. The molecule has 2 amide bonds. The highest BCUT2D eigenvalue weighted by Crippen LogP contribution is 2.25. The van der Waals surface area contributed by atoms with Crippen molar-refractivity contribution >= 4 is 11.8 Å². The van der Waals surface area contributed by atoms with E-state index in [4.69, 9.17) is 4.74 Å². The first-order valence-electron chi connectivity index (χ1n) is 7.65. The molecular weight excluding hydrogens is 308 g/mol. The van der Waals surface area contributed by atoms with Gasteiger partial charge >= 0.3 is 0 Å². The van der Waals surface area contributed by atoms with Crippen molar-refractivity contribution in [3.8, 4) is 0 Å². The molecule has 0 radical (unpaired) electrons. The number of nitrogens with zero attached hydrogens (tertiary/aromatic N) is 2. The van der Waals surface area contributed by atoms with E-state index in [-0.39, 0.29) is 17.2 Å². The van der Waals surface area contributed by atoms with Gasteiger partial charge in [-0.3, -0.25) is 19.6 Å². The molecule has 7 heteroatoms. The Hall–Kier alpha value is -2.80. The minimum Gasteiger partial charge on any atom is -0.380 e. The fraction of sp³-hybridized carbons (Fsp3) is 0.294. The Morgan fingerprint density at radius 2 is 1.42 bits per heavy atom. The van der Waals surface area contributed by atoms with Gasteiger partial charge in [0, 0.05) is 25.5 Å². The zero-order valence-corrected chi connectivity index (χ0v) is 13.1. The summed E-state index contributed by atoms with van der Waals surface area (Å²) in [7, 11) is 0. The molecule has 3 heterocycles. The number of nitrogens with one attached hydrogen (secondary N) is 2. The molecule has 1 fully saturated rings. The van der Waals surface area contributed by atoms with Crippen molar-refractivity contribution < 1.29 is 14.3 Å². The van der Waals surface area contributed by atoms with Crippen molar-refractivity contribution in [2.24, 2.45) is 5.41 Å². The molecule has 3 rings (SSSR count). The van der Waals surface area contributed by atoms with Crippen LogP contribution in [0.4, 0.5) is 0 Å². The number of pyridine rings is 2. The van der Waals surface area contributed by atoms with Crippen LogP contribution in [0, 0.1) is 5.41 Å². The maximum atomic E-state index is 12.1. The third-order valence-electron chi connectivity index (χ3n) is 3.86. The van der Waals surface area contributed by atoms with Gasteiger partial charge in [-0.05, 0) is 24.3 Å². The fourth-order valence-corrected chi connectivity index (χ4v) is 2.37. The first kappa shape index (κ1) is 16.1. The molecular formula is C17H18N4O3. The van der Waals surface area contributed by atoms with Crippen LogP contribution in [0.1, 0.15) is 21.0 Å². The van der Waals surface area contributed by atoms with Crippen LogP contribution < -0.4 is 10.6 Å². The Morgan fingerprint density at radius 1 is 0.917 bits per heavy atom. The zero-order chi connectivity index (χ0) is 16.8. The van der Waals surface area contributed by atoms with Crippen molar-refractivity contribution in [1.82, 2.24) is 20.6 Å². The largest absolute Gasteiger partial charge is 0.380 e. The van der Waals surface area contributed by atoms with Gasteiger partial charge in [0.15, 0.2) is 0 Å². The Bertz CT molecular complexity index is 645. The molecule has 1 aliphatic rings. The predicted molar refractivity (Wildman–Crippen MR) is 86.4 cm³/mol. The van der Waals surface area contributed by atoms with Crippen molar-refractivity contribution in [3.63, 3.8) is 0 Å². The first-order valence-corrected chi connectivity index (χ1v) is 7.65. The van der Waals surface area contributed by atoms with Gasteiger partial charge in [-0.25, -0.2) is 0 Å². The molecule has 0 unspecified atom stereocenters. The number of hydrogen-bond donors (Lipinski definition) is 2. The quantitative estimate of drug-likeness (QED) is 0.813. The standard InChI is InChI=1S/C17H18N4O3/c22-15(13-5-1-3-7-18-13)20-9-17(11-24-12-17)10-21-16(23)14-6-2-4-8-19-14/h1-8H,9-12H2,(H,20,22)(H,21,23). The second kappa shape index (κ2) is 7.18. The summed E-state index contributed by atoms with van der Waals surface area (Å²) in [6.45, 7) is 1.78. The number of ether oxygens (including phenoxy) is 1. The number of rotatable bonds is 6. The summed E-state index contributed by atoms with van der Waals surface area (Å²) in [5, 5.41) is 5.71. The summed E-state index contributed by atoms with van der Waals surface area (Å²) in [5.41, 5.74) is 0.436. The van der Waals surface area contributed by atoms with E-state index in [1.165, 1.54) is 0 Å². The Kier molecular flexibility index (Phi) is 4.81. The molecule has 0 saturated carbocycles.